The summed E-state index contributed by atoms with van der Waals surface area (Å²) in [5, 5.41) is 11.3. The van der Waals surface area contributed by atoms with E-state index in [1.807, 2.05) is 4.90 Å². The summed E-state index contributed by atoms with van der Waals surface area (Å²) in [6, 6.07) is 0.334. The predicted octanol–water partition coefficient (Wildman–Crippen LogP) is 0.454. The third-order valence-electron chi connectivity index (χ3n) is 4.09. The van der Waals surface area contributed by atoms with Crippen LogP contribution in [0.25, 0.3) is 0 Å². The van der Waals surface area contributed by atoms with Crippen molar-refractivity contribution in [3.8, 4) is 0 Å². The van der Waals surface area contributed by atoms with Crippen LogP contribution in [0.1, 0.15) is 42.7 Å². The standard InChI is InChI=1S/C14H23N5O2/c1-2-6-21-12-4-3-5-18(9-12)14(20)13-10-19(17-16-13)11-7-15-8-11/h10-12,15H,2-9H2,1H3. The molecular formula is C14H23N5O2. The smallest absolute Gasteiger partial charge is 0.276 e. The van der Waals surface area contributed by atoms with Crippen LogP contribution in [0.4, 0.5) is 0 Å². The molecule has 0 aromatic carbocycles. The number of rotatable bonds is 5. The number of nitrogens with zero attached hydrogens (tertiary/aromatic N) is 4. The Kier molecular flexibility index (Phi) is 4.50. The molecule has 0 spiro atoms. The molecule has 2 saturated heterocycles. The Bertz CT molecular complexity index is 485. The number of hydrogen-bond acceptors (Lipinski definition) is 5. The van der Waals surface area contributed by atoms with Crippen molar-refractivity contribution in [2.24, 2.45) is 0 Å². The van der Waals surface area contributed by atoms with Crippen LogP contribution in [0.3, 0.4) is 0 Å². The van der Waals surface area contributed by atoms with Crippen LogP contribution < -0.4 is 5.32 Å². The average Bonchev–Trinajstić information content (AvgIpc) is 2.92. The van der Waals surface area contributed by atoms with E-state index < -0.39 is 0 Å². The van der Waals surface area contributed by atoms with Crippen molar-refractivity contribution in [2.45, 2.75) is 38.3 Å². The van der Waals surface area contributed by atoms with E-state index in [1.54, 1.807) is 10.9 Å². The Morgan fingerprint density at radius 2 is 2.38 bits per heavy atom. The largest absolute Gasteiger partial charge is 0.376 e. The van der Waals surface area contributed by atoms with Gasteiger partial charge in [-0.3, -0.25) is 4.79 Å². The van der Waals surface area contributed by atoms with Gasteiger partial charge in [0.2, 0.25) is 0 Å². The Morgan fingerprint density at radius 1 is 1.52 bits per heavy atom. The van der Waals surface area contributed by atoms with E-state index in [9.17, 15) is 4.79 Å². The third-order valence-corrected chi connectivity index (χ3v) is 4.09. The molecule has 1 atom stereocenters. The van der Waals surface area contributed by atoms with Crippen molar-refractivity contribution in [1.82, 2.24) is 25.2 Å². The molecule has 0 saturated carbocycles. The fourth-order valence-electron chi connectivity index (χ4n) is 2.72. The van der Waals surface area contributed by atoms with Crippen molar-refractivity contribution < 1.29 is 9.53 Å². The van der Waals surface area contributed by atoms with E-state index in [-0.39, 0.29) is 12.0 Å². The molecule has 2 aliphatic rings. The molecule has 0 bridgehead atoms. The number of carbonyl (C=O) groups excluding carboxylic acids is 1. The normalized spacial score (nSPS) is 23.1. The number of piperidine rings is 1. The van der Waals surface area contributed by atoms with Gasteiger partial charge < -0.3 is 15.0 Å². The second kappa shape index (κ2) is 6.53. The Balaban J connectivity index is 1.59. The number of ether oxygens (including phenoxy) is 1. The van der Waals surface area contributed by atoms with Crippen molar-refractivity contribution in [3.05, 3.63) is 11.9 Å². The van der Waals surface area contributed by atoms with E-state index >= 15 is 0 Å². The fraction of sp³-hybridized carbons (Fsp3) is 0.786. The van der Waals surface area contributed by atoms with Gasteiger partial charge in [0.05, 0.1) is 18.3 Å². The molecule has 1 N–H and O–H groups in total. The van der Waals surface area contributed by atoms with Crippen LogP contribution in [0.5, 0.6) is 0 Å². The highest BCUT2D eigenvalue weighted by Crippen LogP contribution is 2.16. The molecular weight excluding hydrogens is 270 g/mol. The summed E-state index contributed by atoms with van der Waals surface area (Å²) >= 11 is 0. The first-order valence-corrected chi connectivity index (χ1v) is 7.81. The highest BCUT2D eigenvalue weighted by molar-refractivity contribution is 5.92. The van der Waals surface area contributed by atoms with E-state index in [0.717, 1.165) is 45.5 Å². The minimum absolute atomic E-state index is 0.0293. The lowest BCUT2D eigenvalue weighted by molar-refractivity contribution is 0.00192. The minimum atomic E-state index is -0.0293. The van der Waals surface area contributed by atoms with Gasteiger partial charge >= 0.3 is 0 Å². The molecule has 2 fully saturated rings. The van der Waals surface area contributed by atoms with E-state index in [4.69, 9.17) is 4.74 Å². The van der Waals surface area contributed by atoms with Crippen LogP contribution in [0.2, 0.25) is 0 Å². The van der Waals surface area contributed by atoms with Crippen molar-refractivity contribution in [2.75, 3.05) is 32.8 Å². The number of amides is 1. The predicted molar refractivity (Wildman–Crippen MR) is 77.1 cm³/mol. The van der Waals surface area contributed by atoms with Gasteiger partial charge in [0.15, 0.2) is 5.69 Å². The number of aromatic nitrogens is 3. The average molecular weight is 293 g/mol. The molecule has 116 valence electrons. The summed E-state index contributed by atoms with van der Waals surface area (Å²) in [5.74, 6) is -0.0293. The zero-order chi connectivity index (χ0) is 14.7. The maximum Gasteiger partial charge on any atom is 0.276 e. The van der Waals surface area contributed by atoms with Gasteiger partial charge in [0, 0.05) is 32.8 Å². The maximum atomic E-state index is 12.5. The molecule has 0 aliphatic carbocycles. The molecule has 2 aliphatic heterocycles. The number of hydrogen-bond donors (Lipinski definition) is 1. The summed E-state index contributed by atoms with van der Waals surface area (Å²) < 4.78 is 7.57. The van der Waals surface area contributed by atoms with E-state index in [0.29, 0.717) is 18.3 Å². The lowest BCUT2D eigenvalue weighted by Crippen LogP contribution is -2.44. The van der Waals surface area contributed by atoms with Crippen molar-refractivity contribution >= 4 is 5.91 Å². The highest BCUT2D eigenvalue weighted by atomic mass is 16.5. The summed E-state index contributed by atoms with van der Waals surface area (Å²) in [5.41, 5.74) is 0.443. The second-order valence-electron chi connectivity index (χ2n) is 5.78. The zero-order valence-corrected chi connectivity index (χ0v) is 12.5. The first kappa shape index (κ1) is 14.5. The monoisotopic (exact) mass is 293 g/mol. The Morgan fingerprint density at radius 3 is 3.10 bits per heavy atom. The zero-order valence-electron chi connectivity index (χ0n) is 12.5. The SMILES string of the molecule is CCCOC1CCCN(C(=O)c2cn(C3CNC3)nn2)C1. The van der Waals surface area contributed by atoms with Gasteiger partial charge in [-0.2, -0.15) is 0 Å². The minimum Gasteiger partial charge on any atom is -0.376 e. The number of likely N-dealkylation sites (tertiary alicyclic amines) is 1. The van der Waals surface area contributed by atoms with Gasteiger partial charge in [0.1, 0.15) is 0 Å². The van der Waals surface area contributed by atoms with Crippen LogP contribution >= 0.6 is 0 Å². The summed E-state index contributed by atoms with van der Waals surface area (Å²) in [6.45, 7) is 6.09. The molecule has 1 unspecified atom stereocenters. The molecule has 1 aromatic rings. The fourth-order valence-corrected chi connectivity index (χ4v) is 2.72. The van der Waals surface area contributed by atoms with Crippen LogP contribution in [-0.4, -0.2) is 64.7 Å². The Labute approximate surface area is 124 Å². The van der Waals surface area contributed by atoms with Gasteiger partial charge in [-0.1, -0.05) is 12.1 Å². The van der Waals surface area contributed by atoms with Crippen molar-refractivity contribution in [1.29, 1.82) is 0 Å². The maximum absolute atomic E-state index is 12.5. The molecule has 21 heavy (non-hydrogen) atoms. The van der Waals surface area contributed by atoms with E-state index in [2.05, 4.69) is 22.6 Å². The molecule has 0 radical (unpaired) electrons. The molecule has 7 nitrogen and oxygen atoms in total. The first-order chi connectivity index (χ1) is 10.3. The first-order valence-electron chi connectivity index (χ1n) is 7.81. The number of carbonyl (C=O) groups is 1. The van der Waals surface area contributed by atoms with Crippen LogP contribution in [-0.2, 0) is 4.74 Å². The third kappa shape index (κ3) is 3.24. The molecule has 1 amide bonds. The second-order valence-corrected chi connectivity index (χ2v) is 5.78. The molecule has 3 rings (SSSR count). The molecule has 7 heteroatoms. The highest BCUT2D eigenvalue weighted by Gasteiger charge is 2.28. The van der Waals surface area contributed by atoms with Crippen LogP contribution in [0.15, 0.2) is 6.20 Å². The lowest BCUT2D eigenvalue weighted by Gasteiger charge is -2.32. The van der Waals surface area contributed by atoms with Crippen molar-refractivity contribution in [3.63, 3.8) is 0 Å². The van der Waals surface area contributed by atoms with Gasteiger partial charge in [-0.05, 0) is 19.3 Å². The lowest BCUT2D eigenvalue weighted by atomic mass is 10.1. The summed E-state index contributed by atoms with van der Waals surface area (Å²) in [4.78, 5) is 14.3. The number of nitrogens with one attached hydrogen (secondary N) is 1. The molecule has 1 aromatic heterocycles. The molecule has 3 heterocycles. The quantitative estimate of drug-likeness (QED) is 0.853. The Hall–Kier alpha value is -1.47. The van der Waals surface area contributed by atoms with Gasteiger partial charge in [-0.15, -0.1) is 5.10 Å². The van der Waals surface area contributed by atoms with Gasteiger partial charge in [0.25, 0.3) is 5.91 Å². The topological polar surface area (TPSA) is 72.3 Å². The summed E-state index contributed by atoms with van der Waals surface area (Å²) in [6.07, 6.45) is 4.96. The summed E-state index contributed by atoms with van der Waals surface area (Å²) in [7, 11) is 0. The van der Waals surface area contributed by atoms with Gasteiger partial charge in [-0.25, -0.2) is 4.68 Å². The van der Waals surface area contributed by atoms with E-state index in [1.165, 1.54) is 0 Å². The van der Waals surface area contributed by atoms with Crippen LogP contribution in [0, 0.1) is 0 Å².